The van der Waals surface area contributed by atoms with Gasteiger partial charge in [0.2, 0.25) is 0 Å². The number of carbonyl (C=O) groups excluding carboxylic acids is 1. The highest BCUT2D eigenvalue weighted by molar-refractivity contribution is 6.62. The van der Waals surface area contributed by atoms with Crippen molar-refractivity contribution in [2.24, 2.45) is 0 Å². The summed E-state index contributed by atoms with van der Waals surface area (Å²) in [6.45, 7) is 8.32. The zero-order valence-corrected chi connectivity index (χ0v) is 15.0. The van der Waals surface area contributed by atoms with Crippen LogP contribution < -0.4 is 15.1 Å². The third kappa shape index (κ3) is 2.35. The van der Waals surface area contributed by atoms with Crippen LogP contribution in [0.15, 0.2) is 12.1 Å². The van der Waals surface area contributed by atoms with Crippen molar-refractivity contribution in [2.75, 3.05) is 18.6 Å². The fourth-order valence-electron chi connectivity index (χ4n) is 3.27. The van der Waals surface area contributed by atoms with Gasteiger partial charge in [0.1, 0.15) is 5.75 Å². The first-order valence-electron chi connectivity index (χ1n) is 8.62. The first-order valence-corrected chi connectivity index (χ1v) is 8.62. The largest absolute Gasteiger partial charge is 0.495 e. The Hall–Kier alpha value is -1.53. The summed E-state index contributed by atoms with van der Waals surface area (Å²) in [4.78, 5) is 13.6. The van der Waals surface area contributed by atoms with Gasteiger partial charge in [-0.05, 0) is 69.6 Å². The lowest BCUT2D eigenvalue weighted by molar-refractivity contribution is -0.120. The highest BCUT2D eigenvalue weighted by Gasteiger charge is 2.53. The molecule has 2 aliphatic heterocycles. The van der Waals surface area contributed by atoms with Crippen molar-refractivity contribution < 1.29 is 18.8 Å². The maximum absolute atomic E-state index is 11.9. The van der Waals surface area contributed by atoms with Crippen molar-refractivity contribution in [3.8, 4) is 5.75 Å². The van der Waals surface area contributed by atoms with Crippen molar-refractivity contribution in [1.82, 2.24) is 0 Å². The van der Waals surface area contributed by atoms with E-state index in [9.17, 15) is 4.79 Å². The number of carbonyl (C=O) groups is 1. The quantitative estimate of drug-likeness (QED) is 0.781. The lowest BCUT2D eigenvalue weighted by atomic mass is 9.74. The van der Waals surface area contributed by atoms with E-state index in [1.807, 2.05) is 6.07 Å². The number of hydrogen-bond donors (Lipinski definition) is 0. The van der Waals surface area contributed by atoms with Crippen LogP contribution in [0.5, 0.6) is 5.75 Å². The molecule has 0 radical (unpaired) electrons. The summed E-state index contributed by atoms with van der Waals surface area (Å²) in [5.74, 6) is 1.23. The SMILES string of the molecule is CN1C(=O)COc2cc(B3OC(C)(C)C(C)(C)O3)c(C3CC3)cc21. The van der Waals surface area contributed by atoms with Crippen LogP contribution in [0.2, 0.25) is 0 Å². The minimum absolute atomic E-state index is 0.0207. The van der Waals surface area contributed by atoms with E-state index in [1.165, 1.54) is 18.4 Å². The Morgan fingerprint density at radius 3 is 2.33 bits per heavy atom. The van der Waals surface area contributed by atoms with E-state index in [-0.39, 0.29) is 23.7 Å². The third-order valence-corrected chi connectivity index (χ3v) is 5.78. The third-order valence-electron chi connectivity index (χ3n) is 5.78. The molecule has 5 nitrogen and oxygen atoms in total. The molecule has 1 saturated carbocycles. The van der Waals surface area contributed by atoms with Gasteiger partial charge in [-0.3, -0.25) is 4.79 Å². The first kappa shape index (κ1) is 16.0. The number of amides is 1. The normalized spacial score (nSPS) is 24.8. The standard InChI is InChI=1S/C18H24BNO4/c1-17(2)18(3,4)24-19(23-17)13-9-15-14(8-12(13)11-6-7-11)20(5)16(21)10-22-15/h8-9,11H,6-7,10H2,1-5H3. The number of benzene rings is 1. The summed E-state index contributed by atoms with van der Waals surface area (Å²) in [7, 11) is 1.40. The fraction of sp³-hybridized carbons (Fsp3) is 0.611. The lowest BCUT2D eigenvalue weighted by Crippen LogP contribution is -2.41. The molecule has 1 amide bonds. The molecule has 2 heterocycles. The van der Waals surface area contributed by atoms with E-state index < -0.39 is 7.12 Å². The van der Waals surface area contributed by atoms with Crippen LogP contribution >= 0.6 is 0 Å². The molecule has 0 unspecified atom stereocenters. The minimum Gasteiger partial charge on any atom is -0.482 e. The topological polar surface area (TPSA) is 48.0 Å². The Labute approximate surface area is 143 Å². The minimum atomic E-state index is -0.401. The van der Waals surface area contributed by atoms with Gasteiger partial charge in [0.25, 0.3) is 5.91 Å². The Morgan fingerprint density at radius 2 is 1.75 bits per heavy atom. The van der Waals surface area contributed by atoms with Crippen LogP contribution in [0.1, 0.15) is 52.0 Å². The molecule has 2 fully saturated rings. The van der Waals surface area contributed by atoms with Crippen LogP contribution in [-0.4, -0.2) is 37.9 Å². The van der Waals surface area contributed by atoms with Crippen LogP contribution in [0.25, 0.3) is 0 Å². The molecular weight excluding hydrogens is 305 g/mol. The second-order valence-electron chi connectivity index (χ2n) is 8.05. The van der Waals surface area contributed by atoms with Crippen LogP contribution in [0.4, 0.5) is 5.69 Å². The summed E-state index contributed by atoms with van der Waals surface area (Å²) in [5, 5.41) is 0. The number of anilines is 1. The van der Waals surface area contributed by atoms with Crippen molar-refractivity contribution in [3.05, 3.63) is 17.7 Å². The van der Waals surface area contributed by atoms with Gasteiger partial charge < -0.3 is 18.9 Å². The molecule has 0 aromatic heterocycles. The van der Waals surface area contributed by atoms with Gasteiger partial charge in [-0.15, -0.1) is 0 Å². The molecule has 1 aliphatic carbocycles. The van der Waals surface area contributed by atoms with Gasteiger partial charge in [-0.25, -0.2) is 0 Å². The molecule has 0 bridgehead atoms. The summed E-state index contributed by atoms with van der Waals surface area (Å²) in [6, 6.07) is 4.10. The Morgan fingerprint density at radius 1 is 1.12 bits per heavy atom. The predicted octanol–water partition coefficient (Wildman–Crippen LogP) is 2.22. The average molecular weight is 329 g/mol. The molecule has 6 heteroatoms. The summed E-state index contributed by atoms with van der Waals surface area (Å²) < 4.78 is 18.2. The second-order valence-corrected chi connectivity index (χ2v) is 8.05. The summed E-state index contributed by atoms with van der Waals surface area (Å²) >= 11 is 0. The van der Waals surface area contributed by atoms with Crippen LogP contribution in [-0.2, 0) is 14.1 Å². The van der Waals surface area contributed by atoms with Crippen molar-refractivity contribution in [2.45, 2.75) is 57.7 Å². The molecule has 1 aromatic rings. The Kier molecular flexibility index (Phi) is 3.32. The van der Waals surface area contributed by atoms with E-state index in [0.29, 0.717) is 5.92 Å². The van der Waals surface area contributed by atoms with Gasteiger partial charge in [0, 0.05) is 7.05 Å². The lowest BCUT2D eigenvalue weighted by Gasteiger charge is -2.32. The highest BCUT2D eigenvalue weighted by Crippen LogP contribution is 2.44. The van der Waals surface area contributed by atoms with E-state index in [2.05, 4.69) is 33.8 Å². The molecule has 0 atom stereocenters. The molecular formula is C18H24BNO4. The molecule has 0 N–H and O–H groups in total. The number of nitrogens with zero attached hydrogens (tertiary/aromatic N) is 1. The highest BCUT2D eigenvalue weighted by atomic mass is 16.7. The van der Waals surface area contributed by atoms with E-state index in [4.69, 9.17) is 14.0 Å². The molecule has 1 aromatic carbocycles. The molecule has 128 valence electrons. The summed E-state index contributed by atoms with van der Waals surface area (Å²) in [5.41, 5.74) is 2.35. The number of rotatable bonds is 2. The second kappa shape index (κ2) is 4.99. The smallest absolute Gasteiger partial charge is 0.482 e. The Bertz CT molecular complexity index is 695. The zero-order valence-electron chi connectivity index (χ0n) is 15.0. The van der Waals surface area contributed by atoms with Gasteiger partial charge in [-0.2, -0.15) is 0 Å². The molecule has 24 heavy (non-hydrogen) atoms. The molecule has 3 aliphatic rings. The first-order chi connectivity index (χ1) is 11.2. The van der Waals surface area contributed by atoms with Gasteiger partial charge in [0.15, 0.2) is 6.61 Å². The fourth-order valence-corrected chi connectivity index (χ4v) is 3.27. The van der Waals surface area contributed by atoms with Gasteiger partial charge in [-0.1, -0.05) is 0 Å². The predicted molar refractivity (Wildman–Crippen MR) is 93.0 cm³/mol. The van der Waals surface area contributed by atoms with Gasteiger partial charge in [0.05, 0.1) is 16.9 Å². The van der Waals surface area contributed by atoms with Gasteiger partial charge >= 0.3 is 7.12 Å². The molecule has 0 spiro atoms. The number of hydrogen-bond acceptors (Lipinski definition) is 4. The Balaban J connectivity index is 1.78. The molecule has 1 saturated heterocycles. The van der Waals surface area contributed by atoms with Crippen molar-refractivity contribution >= 4 is 24.2 Å². The van der Waals surface area contributed by atoms with Crippen molar-refractivity contribution in [1.29, 1.82) is 0 Å². The monoisotopic (exact) mass is 329 g/mol. The maximum atomic E-state index is 11.9. The van der Waals surface area contributed by atoms with Crippen molar-refractivity contribution in [3.63, 3.8) is 0 Å². The van der Waals surface area contributed by atoms with Crippen LogP contribution in [0, 0.1) is 0 Å². The summed E-state index contributed by atoms with van der Waals surface area (Å²) in [6.07, 6.45) is 2.34. The molecule has 4 rings (SSSR count). The van der Waals surface area contributed by atoms with E-state index >= 15 is 0 Å². The van der Waals surface area contributed by atoms with E-state index in [0.717, 1.165) is 16.9 Å². The van der Waals surface area contributed by atoms with Crippen LogP contribution in [0.3, 0.4) is 0 Å². The number of fused-ring (bicyclic) bond motifs is 1. The zero-order chi connectivity index (χ0) is 17.3. The maximum Gasteiger partial charge on any atom is 0.495 e. The number of ether oxygens (including phenoxy) is 1. The number of likely N-dealkylation sites (N-methyl/N-ethyl adjacent to an activating group) is 1. The van der Waals surface area contributed by atoms with E-state index in [1.54, 1.807) is 11.9 Å². The average Bonchev–Trinajstić information content (AvgIpc) is 3.30.